The third kappa shape index (κ3) is 24.1. The molecule has 49 heavy (non-hydrogen) atoms. The first-order chi connectivity index (χ1) is 23.6. The summed E-state index contributed by atoms with van der Waals surface area (Å²) in [7, 11) is -5.05. The van der Waals surface area contributed by atoms with Crippen LogP contribution in [-0.4, -0.2) is 97.5 Å². The van der Waals surface area contributed by atoms with Crippen LogP contribution >= 0.6 is 0 Å². The number of hydrogen-bond acceptors (Lipinski definition) is 11. The third-order valence-electron chi connectivity index (χ3n) is 8.98. The number of aliphatic hydroxyl groups is 3. The molecule has 6 unspecified atom stereocenters. The number of unbranched alkanes of at least 4 members (excludes halogenated alkanes) is 20. The molecule has 0 radical (unpaired) electrons. The first-order valence-electron chi connectivity index (χ1n) is 19.3. The summed E-state index contributed by atoms with van der Waals surface area (Å²) in [5, 5.41) is 30.5. The Balaban J connectivity index is 2.51. The van der Waals surface area contributed by atoms with Gasteiger partial charge in [0, 0.05) is 13.0 Å². The fourth-order valence-corrected chi connectivity index (χ4v) is 6.53. The predicted octanol–water partition coefficient (Wildman–Crippen LogP) is 6.57. The molecule has 4 N–H and O–H groups in total. The molecule has 1 fully saturated rings. The molecule has 0 aromatic rings. The van der Waals surface area contributed by atoms with E-state index in [0.29, 0.717) is 13.0 Å². The maximum absolute atomic E-state index is 12.7. The van der Waals surface area contributed by atoms with E-state index in [4.69, 9.17) is 23.5 Å². The van der Waals surface area contributed by atoms with Crippen LogP contribution in [0, 0.1) is 0 Å². The normalized spacial score (nSPS) is 22.0. The maximum Gasteiger partial charge on any atom is 0.397 e. The van der Waals surface area contributed by atoms with Gasteiger partial charge in [-0.05, 0) is 12.8 Å². The van der Waals surface area contributed by atoms with Gasteiger partial charge in [-0.25, -0.2) is 4.18 Å². The van der Waals surface area contributed by atoms with Crippen LogP contribution in [0.3, 0.4) is 0 Å². The standard InChI is InChI=1S/C36H70O12S/c1-3-5-7-9-11-13-15-17-19-21-23-25-32(38)46-30(28-44-26-24-22-20-18-16-14-12-10-8-6-4-2)29-45-36-34(40)35(48-49(41,42)43)33(39)31(27-37)47-36/h30-31,33-37,39-40H,3-29H2,1-2H3,(H,41,42,43). The van der Waals surface area contributed by atoms with Crippen molar-refractivity contribution in [3.05, 3.63) is 0 Å². The summed E-state index contributed by atoms with van der Waals surface area (Å²) in [4.78, 5) is 12.7. The SMILES string of the molecule is CCCCCCCCCCCCCOCC(COC1OC(CO)C(O)C(OS(=O)(=O)O)C1O)OC(=O)CCCCCCCCCCCCC. The summed E-state index contributed by atoms with van der Waals surface area (Å²) in [6, 6.07) is 0. The summed E-state index contributed by atoms with van der Waals surface area (Å²) in [5.74, 6) is -0.399. The molecule has 0 aromatic heterocycles. The Morgan fingerprint density at radius 2 is 1.16 bits per heavy atom. The highest BCUT2D eigenvalue weighted by atomic mass is 32.3. The lowest BCUT2D eigenvalue weighted by molar-refractivity contribution is -0.301. The molecule has 0 aliphatic carbocycles. The van der Waals surface area contributed by atoms with E-state index >= 15 is 0 Å². The van der Waals surface area contributed by atoms with Gasteiger partial charge in [0.05, 0.1) is 19.8 Å². The number of rotatable bonds is 33. The van der Waals surface area contributed by atoms with E-state index in [1.54, 1.807) is 0 Å². The van der Waals surface area contributed by atoms with E-state index in [2.05, 4.69) is 18.0 Å². The van der Waals surface area contributed by atoms with Crippen LogP contribution in [0.1, 0.15) is 162 Å². The monoisotopic (exact) mass is 726 g/mol. The number of aliphatic hydroxyl groups excluding tert-OH is 3. The second-order valence-corrected chi connectivity index (χ2v) is 14.6. The number of hydrogen-bond donors (Lipinski definition) is 4. The Morgan fingerprint density at radius 3 is 1.63 bits per heavy atom. The average Bonchev–Trinajstić information content (AvgIpc) is 3.06. The van der Waals surface area contributed by atoms with Crippen molar-refractivity contribution in [2.45, 2.75) is 198 Å². The van der Waals surface area contributed by atoms with Crippen molar-refractivity contribution in [3.8, 4) is 0 Å². The molecule has 13 heteroatoms. The first-order valence-corrected chi connectivity index (χ1v) is 20.7. The van der Waals surface area contributed by atoms with Gasteiger partial charge in [-0.2, -0.15) is 8.42 Å². The predicted molar refractivity (Wildman–Crippen MR) is 188 cm³/mol. The minimum absolute atomic E-state index is 0.0432. The molecule has 1 aliphatic heterocycles. The maximum atomic E-state index is 12.7. The molecule has 1 rings (SSSR count). The van der Waals surface area contributed by atoms with E-state index in [9.17, 15) is 28.5 Å². The van der Waals surface area contributed by atoms with Gasteiger partial charge in [0.2, 0.25) is 0 Å². The smallest absolute Gasteiger partial charge is 0.397 e. The summed E-state index contributed by atoms with van der Waals surface area (Å²) in [5.41, 5.74) is 0. The minimum Gasteiger partial charge on any atom is -0.457 e. The van der Waals surface area contributed by atoms with Crippen molar-refractivity contribution in [1.82, 2.24) is 0 Å². The van der Waals surface area contributed by atoms with Crippen molar-refractivity contribution < 1.29 is 56.2 Å². The van der Waals surface area contributed by atoms with Crippen LogP contribution < -0.4 is 0 Å². The second kappa shape index (κ2) is 29.7. The van der Waals surface area contributed by atoms with Gasteiger partial charge in [0.1, 0.15) is 30.5 Å². The third-order valence-corrected chi connectivity index (χ3v) is 9.44. The number of carbonyl (C=O) groups is 1. The van der Waals surface area contributed by atoms with Gasteiger partial charge in [0.25, 0.3) is 0 Å². The number of ether oxygens (including phenoxy) is 4. The fraction of sp³-hybridized carbons (Fsp3) is 0.972. The zero-order valence-corrected chi connectivity index (χ0v) is 31.3. The zero-order valence-electron chi connectivity index (χ0n) is 30.5. The van der Waals surface area contributed by atoms with Crippen LogP contribution in [0.4, 0.5) is 0 Å². The molecule has 0 saturated carbocycles. The van der Waals surface area contributed by atoms with Crippen molar-refractivity contribution in [2.24, 2.45) is 0 Å². The van der Waals surface area contributed by atoms with Gasteiger partial charge < -0.3 is 34.3 Å². The van der Waals surface area contributed by atoms with Crippen molar-refractivity contribution in [2.75, 3.05) is 26.4 Å². The quantitative estimate of drug-likeness (QED) is 0.0325. The average molecular weight is 727 g/mol. The summed E-state index contributed by atoms with van der Waals surface area (Å²) in [6.45, 7) is 3.97. The molecule has 1 heterocycles. The summed E-state index contributed by atoms with van der Waals surface area (Å²) >= 11 is 0. The Bertz CT molecular complexity index is 889. The fourth-order valence-electron chi connectivity index (χ4n) is 6.02. The molecular formula is C36H70O12S. The Hall–Kier alpha value is -0.900. The largest absolute Gasteiger partial charge is 0.457 e. The van der Waals surface area contributed by atoms with Gasteiger partial charge in [-0.1, -0.05) is 142 Å². The molecule has 0 bridgehead atoms. The molecular weight excluding hydrogens is 656 g/mol. The van der Waals surface area contributed by atoms with Crippen LogP contribution in [0.5, 0.6) is 0 Å². The van der Waals surface area contributed by atoms with E-state index in [1.807, 2.05) is 0 Å². The molecule has 6 atom stereocenters. The van der Waals surface area contributed by atoms with Gasteiger partial charge in [-0.15, -0.1) is 0 Å². The van der Waals surface area contributed by atoms with Crippen LogP contribution in [0.15, 0.2) is 0 Å². The van der Waals surface area contributed by atoms with E-state index in [1.165, 1.54) is 96.3 Å². The molecule has 0 aromatic carbocycles. The van der Waals surface area contributed by atoms with E-state index in [0.717, 1.165) is 38.5 Å². The second-order valence-electron chi connectivity index (χ2n) is 13.5. The summed E-state index contributed by atoms with van der Waals surface area (Å²) < 4.78 is 58.7. The lowest BCUT2D eigenvalue weighted by atomic mass is 9.99. The van der Waals surface area contributed by atoms with E-state index < -0.39 is 59.8 Å². The molecule has 1 saturated heterocycles. The Labute approximate surface area is 296 Å². The van der Waals surface area contributed by atoms with Crippen LogP contribution in [0.25, 0.3) is 0 Å². The van der Waals surface area contributed by atoms with Crippen molar-refractivity contribution >= 4 is 16.4 Å². The topological polar surface area (TPSA) is 178 Å². The zero-order chi connectivity index (χ0) is 36.2. The number of carbonyl (C=O) groups excluding carboxylic acids is 1. The van der Waals surface area contributed by atoms with Crippen molar-refractivity contribution in [3.63, 3.8) is 0 Å². The van der Waals surface area contributed by atoms with Gasteiger partial charge in [-0.3, -0.25) is 9.35 Å². The van der Waals surface area contributed by atoms with Crippen LogP contribution in [0.2, 0.25) is 0 Å². The van der Waals surface area contributed by atoms with Crippen molar-refractivity contribution in [1.29, 1.82) is 0 Å². The lowest BCUT2D eigenvalue weighted by Gasteiger charge is -2.41. The van der Waals surface area contributed by atoms with Gasteiger partial charge >= 0.3 is 16.4 Å². The highest BCUT2D eigenvalue weighted by Crippen LogP contribution is 2.26. The Morgan fingerprint density at radius 1 is 0.694 bits per heavy atom. The highest BCUT2D eigenvalue weighted by molar-refractivity contribution is 7.80. The minimum atomic E-state index is -5.05. The number of esters is 1. The molecule has 1 aliphatic rings. The first kappa shape index (κ1) is 46.1. The van der Waals surface area contributed by atoms with Crippen LogP contribution in [-0.2, 0) is 38.3 Å². The van der Waals surface area contributed by atoms with Gasteiger partial charge in [0.15, 0.2) is 6.29 Å². The molecule has 0 spiro atoms. The molecule has 12 nitrogen and oxygen atoms in total. The molecule has 0 amide bonds. The molecule has 292 valence electrons. The lowest BCUT2D eigenvalue weighted by Crippen LogP contribution is -2.60. The van der Waals surface area contributed by atoms with E-state index in [-0.39, 0.29) is 19.6 Å². The summed E-state index contributed by atoms with van der Waals surface area (Å²) in [6.07, 6.45) is 17.2. The highest BCUT2D eigenvalue weighted by Gasteiger charge is 2.48. The Kier molecular flexibility index (Phi) is 27.9.